The largest absolute Gasteiger partial charge is 0.480 e. The zero-order valence-electron chi connectivity index (χ0n) is 15.8. The van der Waals surface area contributed by atoms with E-state index in [1.807, 2.05) is 0 Å². The van der Waals surface area contributed by atoms with E-state index >= 15 is 0 Å². The first kappa shape index (κ1) is 23.6. The summed E-state index contributed by atoms with van der Waals surface area (Å²) in [5.74, 6) is -4.08. The molecule has 0 saturated carbocycles. The quantitative estimate of drug-likeness (QED) is 0.184. The Hall–Kier alpha value is -3.48. The molecule has 13 nitrogen and oxygen atoms in total. The minimum absolute atomic E-state index is 0.0166. The Morgan fingerprint density at radius 3 is 2.31 bits per heavy atom. The van der Waals surface area contributed by atoms with Crippen LogP contribution >= 0.6 is 0 Å². The molecule has 0 spiro atoms. The van der Waals surface area contributed by atoms with Crippen LogP contribution in [0.1, 0.15) is 25.5 Å². The molecule has 29 heavy (non-hydrogen) atoms. The van der Waals surface area contributed by atoms with Gasteiger partial charge in [0.1, 0.15) is 18.1 Å². The monoisotopic (exact) mass is 411 g/mol. The lowest BCUT2D eigenvalue weighted by molar-refractivity contribution is -0.142. The number of nitrogens with one attached hydrogen (secondary N) is 4. The van der Waals surface area contributed by atoms with Gasteiger partial charge in [-0.25, -0.2) is 9.78 Å². The van der Waals surface area contributed by atoms with Crippen molar-refractivity contribution >= 4 is 29.6 Å². The fourth-order valence-electron chi connectivity index (χ4n) is 2.30. The number of aromatic nitrogens is 2. The number of rotatable bonds is 12. The number of nitrogens with zero attached hydrogens (tertiary/aromatic N) is 1. The number of carboxylic acid groups (broad SMARTS) is 1. The van der Waals surface area contributed by atoms with Crippen LogP contribution in [0.15, 0.2) is 12.5 Å². The highest BCUT2D eigenvalue weighted by molar-refractivity contribution is 5.93. The maximum atomic E-state index is 12.6. The molecule has 1 rings (SSSR count). The maximum Gasteiger partial charge on any atom is 0.326 e. The van der Waals surface area contributed by atoms with Crippen molar-refractivity contribution in [1.29, 1.82) is 0 Å². The highest BCUT2D eigenvalue weighted by atomic mass is 16.4. The number of amides is 4. The Kier molecular flexibility index (Phi) is 9.25. The van der Waals surface area contributed by atoms with Gasteiger partial charge in [0.2, 0.25) is 23.6 Å². The Morgan fingerprint density at radius 1 is 1.14 bits per heavy atom. The van der Waals surface area contributed by atoms with E-state index in [2.05, 4.69) is 25.9 Å². The van der Waals surface area contributed by atoms with Gasteiger partial charge in [-0.05, 0) is 13.3 Å². The Morgan fingerprint density at radius 2 is 1.79 bits per heavy atom. The molecule has 9 N–H and O–H groups in total. The average Bonchev–Trinajstić information content (AvgIpc) is 3.16. The molecule has 4 amide bonds. The van der Waals surface area contributed by atoms with Crippen molar-refractivity contribution in [2.24, 2.45) is 11.5 Å². The van der Waals surface area contributed by atoms with E-state index in [1.165, 1.54) is 19.4 Å². The molecule has 0 aromatic carbocycles. The summed E-state index contributed by atoms with van der Waals surface area (Å²) in [6, 6.07) is -3.52. The molecular formula is C16H25N7O6. The van der Waals surface area contributed by atoms with E-state index in [1.54, 1.807) is 0 Å². The molecular weight excluding hydrogens is 386 g/mol. The first-order valence-corrected chi connectivity index (χ1v) is 8.72. The van der Waals surface area contributed by atoms with Crippen LogP contribution in [0.4, 0.5) is 0 Å². The summed E-state index contributed by atoms with van der Waals surface area (Å²) in [7, 11) is 0. The first-order chi connectivity index (χ1) is 13.6. The number of carbonyl (C=O) groups is 5. The third-order valence-electron chi connectivity index (χ3n) is 3.86. The number of hydrogen-bond donors (Lipinski definition) is 7. The van der Waals surface area contributed by atoms with Crippen molar-refractivity contribution in [1.82, 2.24) is 25.9 Å². The third kappa shape index (κ3) is 8.38. The number of carbonyl (C=O) groups excluding carboxylic acids is 4. The number of imidazole rings is 1. The summed E-state index contributed by atoms with van der Waals surface area (Å²) in [6.45, 7) is 1.09. The molecule has 1 heterocycles. The fraction of sp³-hybridized carbons (Fsp3) is 0.500. The van der Waals surface area contributed by atoms with Crippen molar-refractivity contribution in [3.8, 4) is 0 Å². The number of primary amides is 1. The van der Waals surface area contributed by atoms with Gasteiger partial charge < -0.3 is 37.5 Å². The number of H-pyrrole nitrogens is 1. The van der Waals surface area contributed by atoms with Gasteiger partial charge in [-0.3, -0.25) is 19.2 Å². The second kappa shape index (κ2) is 11.4. The lowest BCUT2D eigenvalue weighted by Gasteiger charge is -2.23. The molecule has 1 aromatic rings. The second-order valence-electron chi connectivity index (χ2n) is 6.24. The molecule has 0 aliphatic rings. The molecule has 0 bridgehead atoms. The predicted molar refractivity (Wildman–Crippen MR) is 98.9 cm³/mol. The molecule has 0 radical (unpaired) electrons. The van der Waals surface area contributed by atoms with Crippen LogP contribution in [0.3, 0.4) is 0 Å². The highest BCUT2D eigenvalue weighted by Crippen LogP contribution is 2.03. The van der Waals surface area contributed by atoms with Gasteiger partial charge >= 0.3 is 5.97 Å². The number of aromatic amines is 1. The molecule has 0 aliphatic heterocycles. The summed E-state index contributed by atoms with van der Waals surface area (Å²) in [5.41, 5.74) is 10.7. The van der Waals surface area contributed by atoms with Crippen LogP contribution in [0.5, 0.6) is 0 Å². The molecule has 3 atom stereocenters. The average molecular weight is 411 g/mol. The standard InChI is InChI=1S/C16H25N7O6/c1-8(21-13(25)5-17)14(26)23-11(4-9-6-19-7-20-9)15(27)22-10(16(28)29)2-3-12(18)24/h6-8,10-11H,2-5,17H2,1H3,(H2,18,24)(H,19,20)(H,21,25)(H,22,27)(H,23,26)(H,28,29). The van der Waals surface area contributed by atoms with E-state index in [0.717, 1.165) is 0 Å². The lowest BCUT2D eigenvalue weighted by Crippen LogP contribution is -2.56. The molecule has 3 unspecified atom stereocenters. The summed E-state index contributed by atoms with van der Waals surface area (Å²) >= 11 is 0. The molecule has 0 saturated heterocycles. The predicted octanol–water partition coefficient (Wildman–Crippen LogP) is -3.26. The van der Waals surface area contributed by atoms with E-state index in [9.17, 15) is 29.1 Å². The number of carboxylic acids is 1. The number of nitrogens with two attached hydrogens (primary N) is 2. The van der Waals surface area contributed by atoms with Gasteiger partial charge in [0.15, 0.2) is 0 Å². The van der Waals surface area contributed by atoms with Crippen molar-refractivity contribution in [3.63, 3.8) is 0 Å². The molecule has 0 fully saturated rings. The minimum atomic E-state index is -1.37. The van der Waals surface area contributed by atoms with Gasteiger partial charge in [-0.1, -0.05) is 0 Å². The third-order valence-corrected chi connectivity index (χ3v) is 3.86. The van der Waals surface area contributed by atoms with Crippen molar-refractivity contribution in [2.75, 3.05) is 6.54 Å². The van der Waals surface area contributed by atoms with Crippen LogP contribution in [-0.4, -0.2) is 69.3 Å². The van der Waals surface area contributed by atoms with Crippen molar-refractivity contribution in [3.05, 3.63) is 18.2 Å². The summed E-state index contributed by atoms with van der Waals surface area (Å²) in [4.78, 5) is 65.1. The topological polar surface area (TPSA) is 222 Å². The van der Waals surface area contributed by atoms with Crippen LogP contribution in [0.2, 0.25) is 0 Å². The van der Waals surface area contributed by atoms with Gasteiger partial charge in [0, 0.05) is 24.7 Å². The molecule has 1 aromatic heterocycles. The lowest BCUT2D eigenvalue weighted by atomic mass is 10.1. The van der Waals surface area contributed by atoms with Crippen LogP contribution in [0.25, 0.3) is 0 Å². The zero-order chi connectivity index (χ0) is 22.0. The van der Waals surface area contributed by atoms with Crippen LogP contribution in [0, 0.1) is 0 Å². The molecule has 0 aliphatic carbocycles. The van der Waals surface area contributed by atoms with E-state index in [4.69, 9.17) is 11.5 Å². The number of aliphatic carboxylic acids is 1. The van der Waals surface area contributed by atoms with Crippen LogP contribution in [-0.2, 0) is 30.4 Å². The fourth-order valence-corrected chi connectivity index (χ4v) is 2.30. The van der Waals surface area contributed by atoms with E-state index in [0.29, 0.717) is 5.69 Å². The van der Waals surface area contributed by atoms with E-state index in [-0.39, 0.29) is 25.8 Å². The Balaban J connectivity index is 2.88. The second-order valence-corrected chi connectivity index (χ2v) is 6.24. The molecule has 160 valence electrons. The van der Waals surface area contributed by atoms with E-state index < -0.39 is 47.7 Å². The Bertz CT molecular complexity index is 736. The van der Waals surface area contributed by atoms with Gasteiger partial charge in [-0.2, -0.15) is 0 Å². The zero-order valence-corrected chi connectivity index (χ0v) is 15.8. The molecule has 13 heteroatoms. The first-order valence-electron chi connectivity index (χ1n) is 8.72. The highest BCUT2D eigenvalue weighted by Gasteiger charge is 2.28. The summed E-state index contributed by atoms with van der Waals surface area (Å²) < 4.78 is 0. The normalized spacial score (nSPS) is 13.6. The van der Waals surface area contributed by atoms with Gasteiger partial charge in [0.05, 0.1) is 12.9 Å². The van der Waals surface area contributed by atoms with Gasteiger partial charge in [0.25, 0.3) is 0 Å². The van der Waals surface area contributed by atoms with Crippen molar-refractivity contribution < 1.29 is 29.1 Å². The van der Waals surface area contributed by atoms with Crippen molar-refractivity contribution in [2.45, 2.75) is 44.3 Å². The summed E-state index contributed by atoms with van der Waals surface area (Å²) in [5, 5.41) is 16.3. The van der Waals surface area contributed by atoms with Crippen LogP contribution < -0.4 is 27.4 Å². The summed E-state index contributed by atoms with van der Waals surface area (Å²) in [6.07, 6.45) is 2.36. The minimum Gasteiger partial charge on any atom is -0.480 e. The Labute approximate surface area is 166 Å². The maximum absolute atomic E-state index is 12.6. The smallest absolute Gasteiger partial charge is 0.326 e. The number of hydrogen-bond acceptors (Lipinski definition) is 7. The van der Waals surface area contributed by atoms with Gasteiger partial charge in [-0.15, -0.1) is 0 Å². The SMILES string of the molecule is CC(NC(=O)CN)C(=O)NC(Cc1cnc[nH]1)C(=O)NC(CCC(N)=O)C(=O)O.